The molecule has 0 amide bonds. The predicted octanol–water partition coefficient (Wildman–Crippen LogP) is 2.49. The molecule has 0 spiro atoms. The molecular weight excluding hydrogens is 252 g/mol. The highest BCUT2D eigenvalue weighted by Crippen LogP contribution is 2.31. The minimum absolute atomic E-state index is 0.396. The molecule has 20 heavy (non-hydrogen) atoms. The Balaban J connectivity index is 1.62. The number of hydrogen-bond donors (Lipinski definition) is 1. The van der Waals surface area contributed by atoms with Crippen molar-refractivity contribution < 1.29 is 9.47 Å². The average Bonchev–Trinajstić information content (AvgIpc) is 2.48. The lowest BCUT2D eigenvalue weighted by Crippen LogP contribution is -2.33. The zero-order chi connectivity index (χ0) is 13.8. The molecule has 3 rings (SSSR count). The average molecular weight is 276 g/mol. The summed E-state index contributed by atoms with van der Waals surface area (Å²) in [5.41, 5.74) is 2.38. The zero-order valence-electron chi connectivity index (χ0n) is 12.2. The Morgan fingerprint density at radius 2 is 2.25 bits per heavy atom. The first kappa shape index (κ1) is 13.7. The molecule has 1 saturated heterocycles. The summed E-state index contributed by atoms with van der Waals surface area (Å²) in [6, 6.07) is 6.34. The maximum atomic E-state index is 5.83. The number of hydrogen-bond acceptors (Lipinski definition) is 4. The van der Waals surface area contributed by atoms with Crippen molar-refractivity contribution >= 4 is 5.69 Å². The molecule has 1 unspecified atom stereocenters. The second-order valence-electron chi connectivity index (χ2n) is 5.75. The van der Waals surface area contributed by atoms with Crippen LogP contribution in [0.1, 0.15) is 24.8 Å². The summed E-state index contributed by atoms with van der Waals surface area (Å²) < 4.78 is 11.6. The highest BCUT2D eigenvalue weighted by Gasteiger charge is 2.18. The van der Waals surface area contributed by atoms with E-state index < -0.39 is 0 Å². The van der Waals surface area contributed by atoms with E-state index in [1.54, 1.807) is 0 Å². The van der Waals surface area contributed by atoms with Gasteiger partial charge >= 0.3 is 0 Å². The Hall–Kier alpha value is -1.26. The minimum Gasteiger partial charge on any atom is -0.489 e. The van der Waals surface area contributed by atoms with Crippen LogP contribution in [0.3, 0.4) is 0 Å². The summed E-state index contributed by atoms with van der Waals surface area (Å²) in [5.74, 6) is 1.02. The summed E-state index contributed by atoms with van der Waals surface area (Å²) >= 11 is 0. The fraction of sp³-hybridized carbons (Fsp3) is 0.625. The van der Waals surface area contributed by atoms with Crippen molar-refractivity contribution in [1.82, 2.24) is 4.90 Å². The standard InChI is InChI=1S/C16H24N2O2/c1-18(12-14-6-2-3-9-19-14)11-13-5-4-7-15-16(13)20-10-8-17-15/h4-5,7,14,17H,2-3,6,8-12H2,1H3. The Labute approximate surface area is 121 Å². The van der Waals surface area contributed by atoms with Crippen LogP contribution in [0, 0.1) is 0 Å². The third-order valence-electron chi connectivity index (χ3n) is 3.99. The van der Waals surface area contributed by atoms with Gasteiger partial charge in [0.15, 0.2) is 0 Å². The van der Waals surface area contributed by atoms with Crippen molar-refractivity contribution in [2.75, 3.05) is 38.7 Å². The van der Waals surface area contributed by atoms with Crippen molar-refractivity contribution in [2.45, 2.75) is 31.9 Å². The van der Waals surface area contributed by atoms with E-state index in [1.807, 2.05) is 0 Å². The van der Waals surface area contributed by atoms with Gasteiger partial charge in [0, 0.05) is 31.8 Å². The lowest BCUT2D eigenvalue weighted by Gasteiger charge is -2.28. The number of para-hydroxylation sites is 1. The van der Waals surface area contributed by atoms with Crippen LogP contribution in [-0.4, -0.2) is 44.4 Å². The Kier molecular flexibility index (Phi) is 4.43. The molecule has 0 radical (unpaired) electrons. The van der Waals surface area contributed by atoms with E-state index in [0.29, 0.717) is 6.10 Å². The maximum Gasteiger partial charge on any atom is 0.146 e. The van der Waals surface area contributed by atoms with Crippen LogP contribution in [-0.2, 0) is 11.3 Å². The van der Waals surface area contributed by atoms with Crippen LogP contribution >= 0.6 is 0 Å². The molecule has 2 aliphatic heterocycles. The molecule has 0 bridgehead atoms. The quantitative estimate of drug-likeness (QED) is 0.916. The molecule has 1 N–H and O–H groups in total. The first-order valence-electron chi connectivity index (χ1n) is 7.61. The first-order valence-corrected chi connectivity index (χ1v) is 7.61. The van der Waals surface area contributed by atoms with Gasteiger partial charge in [0.1, 0.15) is 12.4 Å². The van der Waals surface area contributed by atoms with E-state index in [-0.39, 0.29) is 0 Å². The normalized spacial score (nSPS) is 22.0. The van der Waals surface area contributed by atoms with Gasteiger partial charge in [0.05, 0.1) is 11.8 Å². The molecule has 1 atom stereocenters. The highest BCUT2D eigenvalue weighted by molar-refractivity contribution is 5.61. The molecule has 0 saturated carbocycles. The van der Waals surface area contributed by atoms with Crippen LogP contribution in [0.4, 0.5) is 5.69 Å². The lowest BCUT2D eigenvalue weighted by atomic mass is 10.1. The van der Waals surface area contributed by atoms with Gasteiger partial charge in [-0.15, -0.1) is 0 Å². The molecule has 0 aliphatic carbocycles. The van der Waals surface area contributed by atoms with Crippen LogP contribution in [0.5, 0.6) is 5.75 Å². The van der Waals surface area contributed by atoms with Gasteiger partial charge in [0.2, 0.25) is 0 Å². The fourth-order valence-electron chi connectivity index (χ4n) is 3.01. The van der Waals surface area contributed by atoms with Gasteiger partial charge in [-0.3, -0.25) is 4.90 Å². The largest absolute Gasteiger partial charge is 0.489 e. The van der Waals surface area contributed by atoms with E-state index in [9.17, 15) is 0 Å². The lowest BCUT2D eigenvalue weighted by molar-refractivity contribution is -0.00269. The SMILES string of the molecule is CN(Cc1cccc2c1OCCN2)CC1CCCCO1. The number of anilines is 1. The monoisotopic (exact) mass is 276 g/mol. The number of rotatable bonds is 4. The number of likely N-dealkylation sites (N-methyl/N-ethyl adjacent to an activating group) is 1. The molecule has 1 aromatic carbocycles. The topological polar surface area (TPSA) is 33.7 Å². The maximum absolute atomic E-state index is 5.83. The van der Waals surface area contributed by atoms with Crippen molar-refractivity contribution in [3.63, 3.8) is 0 Å². The van der Waals surface area contributed by atoms with Crippen LogP contribution in [0.15, 0.2) is 18.2 Å². The number of nitrogens with zero attached hydrogens (tertiary/aromatic N) is 1. The van der Waals surface area contributed by atoms with Gasteiger partial charge < -0.3 is 14.8 Å². The molecule has 2 aliphatic rings. The van der Waals surface area contributed by atoms with Crippen molar-refractivity contribution in [2.24, 2.45) is 0 Å². The van der Waals surface area contributed by atoms with Crippen molar-refractivity contribution in [3.8, 4) is 5.75 Å². The number of nitrogens with one attached hydrogen (secondary N) is 1. The summed E-state index contributed by atoms with van der Waals surface area (Å²) in [5, 5.41) is 3.39. The molecule has 1 aromatic rings. The number of benzene rings is 1. The molecule has 1 fully saturated rings. The third-order valence-corrected chi connectivity index (χ3v) is 3.99. The molecule has 4 nitrogen and oxygen atoms in total. The van der Waals surface area contributed by atoms with E-state index in [1.165, 1.54) is 24.8 Å². The van der Waals surface area contributed by atoms with Gasteiger partial charge in [-0.1, -0.05) is 12.1 Å². The summed E-state index contributed by atoms with van der Waals surface area (Å²) in [6.45, 7) is 4.47. The Bertz CT molecular complexity index is 444. The molecule has 2 heterocycles. The van der Waals surface area contributed by atoms with Gasteiger partial charge in [-0.25, -0.2) is 0 Å². The zero-order valence-corrected chi connectivity index (χ0v) is 12.2. The van der Waals surface area contributed by atoms with Crippen LogP contribution in [0.2, 0.25) is 0 Å². The van der Waals surface area contributed by atoms with E-state index >= 15 is 0 Å². The smallest absolute Gasteiger partial charge is 0.146 e. The predicted molar refractivity (Wildman–Crippen MR) is 80.4 cm³/mol. The number of ether oxygens (including phenoxy) is 2. The third kappa shape index (κ3) is 3.25. The van der Waals surface area contributed by atoms with Crippen molar-refractivity contribution in [1.29, 1.82) is 0 Å². The summed E-state index contributed by atoms with van der Waals surface area (Å²) in [6.07, 6.45) is 4.10. The Morgan fingerprint density at radius 3 is 3.10 bits per heavy atom. The number of fused-ring (bicyclic) bond motifs is 1. The van der Waals surface area contributed by atoms with Gasteiger partial charge in [0.25, 0.3) is 0 Å². The van der Waals surface area contributed by atoms with Gasteiger partial charge in [-0.2, -0.15) is 0 Å². The summed E-state index contributed by atoms with van der Waals surface area (Å²) in [4.78, 5) is 2.34. The van der Waals surface area contributed by atoms with E-state index in [0.717, 1.165) is 44.3 Å². The van der Waals surface area contributed by atoms with Crippen LogP contribution < -0.4 is 10.1 Å². The molecule has 110 valence electrons. The second-order valence-corrected chi connectivity index (χ2v) is 5.75. The highest BCUT2D eigenvalue weighted by atomic mass is 16.5. The molecular formula is C16H24N2O2. The van der Waals surface area contributed by atoms with Crippen molar-refractivity contribution in [3.05, 3.63) is 23.8 Å². The first-order chi connectivity index (χ1) is 9.83. The minimum atomic E-state index is 0.396. The van der Waals surface area contributed by atoms with Crippen LogP contribution in [0.25, 0.3) is 0 Å². The molecule has 0 aromatic heterocycles. The molecule has 4 heteroatoms. The summed E-state index contributed by atoms with van der Waals surface area (Å²) in [7, 11) is 2.16. The second kappa shape index (κ2) is 6.46. The Morgan fingerprint density at radius 1 is 1.30 bits per heavy atom. The van der Waals surface area contributed by atoms with E-state index in [2.05, 4.69) is 35.5 Å². The fourth-order valence-corrected chi connectivity index (χ4v) is 3.01. The van der Waals surface area contributed by atoms with E-state index in [4.69, 9.17) is 9.47 Å². The van der Waals surface area contributed by atoms with Gasteiger partial charge in [-0.05, 0) is 32.4 Å².